The molecule has 0 saturated heterocycles. The van der Waals surface area contributed by atoms with Crippen LogP contribution in [0.5, 0.6) is 0 Å². The fourth-order valence-electron chi connectivity index (χ4n) is 7.91. The van der Waals surface area contributed by atoms with Crippen LogP contribution in [0.1, 0.15) is 278 Å². The first kappa shape index (κ1) is 61.6. The number of rotatable bonds is 51. The summed E-state index contributed by atoms with van der Waals surface area (Å²) in [6, 6.07) is 0. The lowest BCUT2D eigenvalue weighted by Gasteiger charge is -2.18. The second-order valence-electron chi connectivity index (χ2n) is 18.5. The number of carbonyl (C=O) groups is 2. The van der Waals surface area contributed by atoms with E-state index in [0.717, 1.165) is 77.0 Å². The van der Waals surface area contributed by atoms with Crippen LogP contribution in [0.15, 0.2) is 60.8 Å². The zero-order chi connectivity index (χ0) is 46.3. The van der Waals surface area contributed by atoms with Crippen LogP contribution in [0.25, 0.3) is 0 Å². The van der Waals surface area contributed by atoms with Crippen molar-refractivity contribution in [2.24, 2.45) is 0 Å². The quantitative estimate of drug-likeness (QED) is 0.0346. The molecule has 0 aromatic heterocycles. The number of hydrogen-bond donors (Lipinski definition) is 0. The summed E-state index contributed by atoms with van der Waals surface area (Å²) in [7, 11) is 0. The highest BCUT2D eigenvalue weighted by molar-refractivity contribution is 5.70. The molecule has 0 bridgehead atoms. The Morgan fingerprint density at radius 3 is 1.14 bits per heavy atom. The van der Waals surface area contributed by atoms with Crippen molar-refractivity contribution in [2.75, 3.05) is 19.8 Å². The maximum absolute atomic E-state index is 12.8. The third-order valence-electron chi connectivity index (χ3n) is 12.0. The monoisotopic (exact) mass is 895 g/mol. The summed E-state index contributed by atoms with van der Waals surface area (Å²) in [5.41, 5.74) is 0. The van der Waals surface area contributed by atoms with E-state index in [1.54, 1.807) is 0 Å². The van der Waals surface area contributed by atoms with Crippen LogP contribution in [-0.4, -0.2) is 37.9 Å². The molecule has 1 atom stereocenters. The van der Waals surface area contributed by atoms with Gasteiger partial charge in [0.05, 0.1) is 6.61 Å². The van der Waals surface area contributed by atoms with Crippen LogP contribution in [0.2, 0.25) is 0 Å². The Balaban J connectivity index is 4.23. The summed E-state index contributed by atoms with van der Waals surface area (Å²) in [6.45, 7) is 7.72. The van der Waals surface area contributed by atoms with E-state index in [1.165, 1.54) is 167 Å². The Bertz CT molecular complexity index is 1100. The minimum absolute atomic E-state index is 0.0784. The molecule has 0 saturated carbocycles. The molecule has 5 heteroatoms. The van der Waals surface area contributed by atoms with Gasteiger partial charge >= 0.3 is 11.9 Å². The smallest absolute Gasteiger partial charge is 0.306 e. The van der Waals surface area contributed by atoms with Gasteiger partial charge in [-0.1, -0.05) is 242 Å². The van der Waals surface area contributed by atoms with Crippen molar-refractivity contribution >= 4 is 11.9 Å². The molecule has 0 aliphatic carbocycles. The summed E-state index contributed by atoms with van der Waals surface area (Å²) in [5, 5.41) is 0. The topological polar surface area (TPSA) is 61.8 Å². The fourth-order valence-corrected chi connectivity index (χ4v) is 7.91. The molecule has 0 fully saturated rings. The minimum Gasteiger partial charge on any atom is -0.462 e. The molecule has 64 heavy (non-hydrogen) atoms. The zero-order valence-electron chi connectivity index (χ0n) is 42.8. The van der Waals surface area contributed by atoms with E-state index in [1.807, 2.05) is 0 Å². The molecule has 0 aliphatic rings. The summed E-state index contributed by atoms with van der Waals surface area (Å²) < 4.78 is 17.4. The Hall–Kier alpha value is -2.40. The predicted octanol–water partition coefficient (Wildman–Crippen LogP) is 18.9. The maximum Gasteiger partial charge on any atom is 0.306 e. The average molecular weight is 895 g/mol. The van der Waals surface area contributed by atoms with E-state index >= 15 is 0 Å². The van der Waals surface area contributed by atoms with E-state index < -0.39 is 6.10 Å². The van der Waals surface area contributed by atoms with Gasteiger partial charge in [-0.25, -0.2) is 0 Å². The number of hydrogen-bond acceptors (Lipinski definition) is 5. The molecule has 0 aliphatic heterocycles. The third-order valence-corrected chi connectivity index (χ3v) is 12.0. The second-order valence-corrected chi connectivity index (χ2v) is 18.5. The van der Waals surface area contributed by atoms with E-state index in [2.05, 4.69) is 81.5 Å². The van der Waals surface area contributed by atoms with Gasteiger partial charge in [0.25, 0.3) is 0 Å². The van der Waals surface area contributed by atoms with Crippen LogP contribution >= 0.6 is 0 Å². The van der Waals surface area contributed by atoms with Crippen molar-refractivity contribution < 1.29 is 23.8 Å². The van der Waals surface area contributed by atoms with E-state index in [9.17, 15) is 9.59 Å². The van der Waals surface area contributed by atoms with Gasteiger partial charge in [-0.05, 0) is 83.5 Å². The highest BCUT2D eigenvalue weighted by atomic mass is 16.6. The first-order valence-electron chi connectivity index (χ1n) is 27.8. The third kappa shape index (κ3) is 52.2. The SMILES string of the molecule is CC/C=C\C/C=C\C/C=C\C/C=C\CCCCCCCCC(=O)OCC(COCCCCCCCCCC/C=C\CCCCCCCC)OC(=O)CCCCCCCCCCCCC. The van der Waals surface area contributed by atoms with E-state index in [0.29, 0.717) is 19.4 Å². The lowest BCUT2D eigenvalue weighted by atomic mass is 10.1. The standard InChI is InChI=1S/C59H106O5/c1-4-7-10-13-16-19-22-24-26-28-30-31-33-35-38-40-43-46-49-52-58(60)63-56-57(64-59(61)53-50-47-44-41-37-21-18-15-12-9-6-3)55-62-54-51-48-45-42-39-36-34-32-29-27-25-23-20-17-14-11-8-5-2/h7,10,16,19,24-27,30-31,57H,4-6,8-9,11-15,17-18,20-23,28-29,32-56H2,1-3H3/b10-7-,19-16-,26-24-,27-25-,31-30-. The molecule has 0 rings (SSSR count). The Morgan fingerprint density at radius 2 is 0.703 bits per heavy atom. The lowest BCUT2D eigenvalue weighted by molar-refractivity contribution is -0.163. The number of esters is 2. The Morgan fingerprint density at radius 1 is 0.359 bits per heavy atom. The summed E-state index contributed by atoms with van der Waals surface area (Å²) in [5.74, 6) is -0.405. The predicted molar refractivity (Wildman–Crippen MR) is 279 cm³/mol. The van der Waals surface area contributed by atoms with Gasteiger partial charge in [-0.15, -0.1) is 0 Å². The van der Waals surface area contributed by atoms with Gasteiger partial charge in [0.2, 0.25) is 0 Å². The molecular formula is C59H106O5. The molecule has 0 spiro atoms. The van der Waals surface area contributed by atoms with Crippen molar-refractivity contribution in [3.8, 4) is 0 Å². The van der Waals surface area contributed by atoms with Gasteiger partial charge < -0.3 is 14.2 Å². The molecule has 0 N–H and O–H groups in total. The normalized spacial score (nSPS) is 12.6. The van der Waals surface area contributed by atoms with Gasteiger partial charge in [0.15, 0.2) is 6.10 Å². The number of allylic oxidation sites excluding steroid dienone is 10. The van der Waals surface area contributed by atoms with Crippen molar-refractivity contribution in [1.29, 1.82) is 0 Å². The molecule has 1 unspecified atom stereocenters. The lowest BCUT2D eigenvalue weighted by Crippen LogP contribution is -2.30. The summed E-state index contributed by atoms with van der Waals surface area (Å²) >= 11 is 0. The maximum atomic E-state index is 12.8. The Labute approximate surface area is 398 Å². The van der Waals surface area contributed by atoms with Crippen LogP contribution < -0.4 is 0 Å². The van der Waals surface area contributed by atoms with Crippen molar-refractivity contribution in [3.63, 3.8) is 0 Å². The van der Waals surface area contributed by atoms with E-state index in [4.69, 9.17) is 14.2 Å². The van der Waals surface area contributed by atoms with Crippen LogP contribution in [0.3, 0.4) is 0 Å². The van der Waals surface area contributed by atoms with Crippen LogP contribution in [0, 0.1) is 0 Å². The fraction of sp³-hybridized carbons (Fsp3) is 0.797. The Kier molecular flexibility index (Phi) is 52.9. The largest absolute Gasteiger partial charge is 0.462 e. The summed E-state index contributed by atoms with van der Waals surface area (Å²) in [4.78, 5) is 25.4. The van der Waals surface area contributed by atoms with Crippen molar-refractivity contribution in [3.05, 3.63) is 60.8 Å². The first-order chi connectivity index (χ1) is 31.6. The molecule has 0 heterocycles. The molecule has 0 amide bonds. The molecular weight excluding hydrogens is 789 g/mol. The van der Waals surface area contributed by atoms with Crippen molar-refractivity contribution in [2.45, 2.75) is 284 Å². The highest BCUT2D eigenvalue weighted by Crippen LogP contribution is 2.15. The zero-order valence-corrected chi connectivity index (χ0v) is 42.8. The molecule has 0 radical (unpaired) electrons. The summed E-state index contributed by atoms with van der Waals surface area (Å²) in [6.07, 6.45) is 69.5. The van der Waals surface area contributed by atoms with E-state index in [-0.39, 0.29) is 25.2 Å². The molecule has 5 nitrogen and oxygen atoms in total. The minimum atomic E-state index is -0.542. The van der Waals surface area contributed by atoms with Gasteiger partial charge in [-0.3, -0.25) is 9.59 Å². The van der Waals surface area contributed by atoms with Crippen molar-refractivity contribution in [1.82, 2.24) is 0 Å². The van der Waals surface area contributed by atoms with Gasteiger partial charge in [-0.2, -0.15) is 0 Å². The van der Waals surface area contributed by atoms with Crippen LogP contribution in [-0.2, 0) is 23.8 Å². The number of carbonyl (C=O) groups excluding carboxylic acids is 2. The van der Waals surface area contributed by atoms with Gasteiger partial charge in [0.1, 0.15) is 6.61 Å². The van der Waals surface area contributed by atoms with Gasteiger partial charge in [0, 0.05) is 19.4 Å². The second kappa shape index (κ2) is 54.9. The average Bonchev–Trinajstić information content (AvgIpc) is 3.30. The molecule has 372 valence electrons. The molecule has 0 aromatic rings. The highest BCUT2D eigenvalue weighted by Gasteiger charge is 2.17. The van der Waals surface area contributed by atoms with Crippen LogP contribution in [0.4, 0.5) is 0 Å². The number of ether oxygens (including phenoxy) is 3. The number of unbranched alkanes of at least 4 members (excludes halogenated alkanes) is 30. The molecule has 0 aromatic carbocycles. The first-order valence-corrected chi connectivity index (χ1v) is 27.8.